The van der Waals surface area contributed by atoms with Crippen molar-refractivity contribution in [1.82, 2.24) is 9.97 Å². The predicted octanol–water partition coefficient (Wildman–Crippen LogP) is 6.68. The second-order valence-corrected chi connectivity index (χ2v) is 6.33. The van der Waals surface area contributed by atoms with E-state index in [2.05, 4.69) is 41.7 Å². The molecule has 2 aromatic carbocycles. The quantitative estimate of drug-likeness (QED) is 0.301. The number of furan rings is 1. The van der Waals surface area contributed by atoms with E-state index in [1.54, 1.807) is 6.08 Å². The van der Waals surface area contributed by atoms with Crippen molar-refractivity contribution < 1.29 is 4.42 Å². The minimum Gasteiger partial charge on any atom is -0.456 e. The highest BCUT2D eigenvalue weighted by Gasteiger charge is 2.11. The van der Waals surface area contributed by atoms with E-state index in [0.717, 1.165) is 50.9 Å². The highest BCUT2D eigenvalue weighted by atomic mass is 35.5. The van der Waals surface area contributed by atoms with Gasteiger partial charge in [0.25, 0.3) is 0 Å². The Morgan fingerprint density at radius 3 is 2.69 bits per heavy atom. The van der Waals surface area contributed by atoms with E-state index >= 15 is 0 Å². The van der Waals surface area contributed by atoms with Crippen LogP contribution in [-0.2, 0) is 0 Å². The fourth-order valence-corrected chi connectivity index (χ4v) is 3.29. The second kappa shape index (κ2) is 6.77. The number of fused-ring (bicyclic) bond motifs is 3. The van der Waals surface area contributed by atoms with Crippen LogP contribution in [0.15, 0.2) is 71.7 Å². The lowest BCUT2D eigenvalue weighted by atomic mass is 10.1. The second-order valence-electron chi connectivity index (χ2n) is 5.99. The van der Waals surface area contributed by atoms with Crippen molar-refractivity contribution in [3.8, 4) is 11.3 Å². The van der Waals surface area contributed by atoms with Crippen LogP contribution >= 0.6 is 11.6 Å². The molecule has 0 N–H and O–H groups in total. The molecule has 0 unspecified atom stereocenters. The lowest BCUT2D eigenvalue weighted by Crippen LogP contribution is -1.94. The summed E-state index contributed by atoms with van der Waals surface area (Å²) in [5.41, 5.74) is 5.10. The Labute approximate surface area is 156 Å². The summed E-state index contributed by atoms with van der Waals surface area (Å²) in [7, 11) is 0. The van der Waals surface area contributed by atoms with E-state index in [0.29, 0.717) is 0 Å². The van der Waals surface area contributed by atoms with E-state index in [-0.39, 0.29) is 5.28 Å². The molecule has 0 amide bonds. The van der Waals surface area contributed by atoms with Gasteiger partial charge in [0.2, 0.25) is 5.28 Å². The molecule has 4 heteroatoms. The van der Waals surface area contributed by atoms with Crippen molar-refractivity contribution in [2.75, 3.05) is 0 Å². The van der Waals surface area contributed by atoms with E-state index in [9.17, 15) is 0 Å². The zero-order valence-corrected chi connectivity index (χ0v) is 15.1. The molecule has 2 heterocycles. The van der Waals surface area contributed by atoms with Crippen molar-refractivity contribution >= 4 is 39.1 Å². The smallest absolute Gasteiger partial charge is 0.223 e. The first-order chi connectivity index (χ1) is 12.7. The van der Waals surface area contributed by atoms with Crippen LogP contribution in [0.1, 0.15) is 19.0 Å². The fraction of sp³-hybridized carbons (Fsp3) is 0.0909. The minimum atomic E-state index is 0.214. The van der Waals surface area contributed by atoms with Crippen LogP contribution in [0, 0.1) is 0 Å². The zero-order valence-electron chi connectivity index (χ0n) is 14.4. The van der Waals surface area contributed by atoms with Crippen molar-refractivity contribution in [3.63, 3.8) is 0 Å². The number of rotatable bonds is 4. The Hall–Kier alpha value is -2.91. The number of benzene rings is 2. The van der Waals surface area contributed by atoms with Gasteiger partial charge in [-0.05, 0) is 47.9 Å². The largest absolute Gasteiger partial charge is 0.456 e. The third kappa shape index (κ3) is 2.91. The van der Waals surface area contributed by atoms with Gasteiger partial charge in [0.1, 0.15) is 11.2 Å². The maximum absolute atomic E-state index is 6.18. The van der Waals surface area contributed by atoms with Crippen molar-refractivity contribution in [1.29, 1.82) is 0 Å². The Balaban J connectivity index is 1.87. The first-order valence-corrected chi connectivity index (χ1v) is 8.86. The number of para-hydroxylation sites is 1. The number of hydrogen-bond donors (Lipinski definition) is 0. The zero-order chi connectivity index (χ0) is 18.1. The van der Waals surface area contributed by atoms with Crippen LogP contribution in [-0.4, -0.2) is 9.97 Å². The molecular weight excluding hydrogens is 344 g/mol. The van der Waals surface area contributed by atoms with Gasteiger partial charge in [0.05, 0.1) is 11.4 Å². The number of aromatic nitrogens is 2. The number of halogens is 1. The predicted molar refractivity (Wildman–Crippen MR) is 108 cm³/mol. The molecule has 0 aliphatic heterocycles. The molecule has 0 bridgehead atoms. The standard InChI is InChI=1S/C22H17ClN2O/c1-3-7-14(4-2)18-13-19(25-22(23)24-18)15-10-11-17-16-8-5-6-9-20(16)26-21(17)12-15/h4-13H,2-3H2,1H3/b14-7+. The fourth-order valence-electron chi connectivity index (χ4n) is 3.11. The first-order valence-electron chi connectivity index (χ1n) is 8.49. The molecule has 0 saturated carbocycles. The maximum atomic E-state index is 6.18. The Bertz CT molecular complexity index is 1160. The summed E-state index contributed by atoms with van der Waals surface area (Å²) in [5.74, 6) is 0. The number of allylic oxidation sites excluding steroid dienone is 3. The molecule has 0 spiro atoms. The summed E-state index contributed by atoms with van der Waals surface area (Å²) < 4.78 is 5.98. The molecule has 0 aliphatic carbocycles. The lowest BCUT2D eigenvalue weighted by molar-refractivity contribution is 0.669. The summed E-state index contributed by atoms with van der Waals surface area (Å²) in [4.78, 5) is 8.73. The average molecular weight is 361 g/mol. The Morgan fingerprint density at radius 2 is 1.88 bits per heavy atom. The summed E-state index contributed by atoms with van der Waals surface area (Å²) in [6.45, 7) is 5.94. The summed E-state index contributed by atoms with van der Waals surface area (Å²) in [6, 6.07) is 16.0. The van der Waals surface area contributed by atoms with Crippen molar-refractivity contribution in [2.45, 2.75) is 13.3 Å². The van der Waals surface area contributed by atoms with Crippen LogP contribution in [0.4, 0.5) is 0 Å². The Morgan fingerprint density at radius 1 is 1.08 bits per heavy atom. The number of nitrogens with zero attached hydrogens (tertiary/aromatic N) is 2. The van der Waals surface area contributed by atoms with E-state index in [1.165, 1.54) is 0 Å². The molecule has 2 aromatic heterocycles. The van der Waals surface area contributed by atoms with Crippen LogP contribution in [0.3, 0.4) is 0 Å². The molecular formula is C22H17ClN2O. The monoisotopic (exact) mass is 360 g/mol. The molecule has 0 aliphatic rings. The molecule has 0 saturated heterocycles. The Kier molecular flexibility index (Phi) is 4.31. The van der Waals surface area contributed by atoms with Crippen LogP contribution < -0.4 is 0 Å². The van der Waals surface area contributed by atoms with Crippen LogP contribution in [0.2, 0.25) is 5.28 Å². The molecule has 4 aromatic rings. The van der Waals surface area contributed by atoms with E-state index in [4.69, 9.17) is 16.0 Å². The SMILES string of the molecule is C=C/C(=C\CC)c1cc(-c2ccc3c(c2)oc2ccccc23)nc(Cl)n1. The highest BCUT2D eigenvalue weighted by Crippen LogP contribution is 2.32. The first kappa shape index (κ1) is 16.6. The van der Waals surface area contributed by atoms with Gasteiger partial charge in [-0.2, -0.15) is 0 Å². The van der Waals surface area contributed by atoms with Gasteiger partial charge in [0, 0.05) is 16.3 Å². The lowest BCUT2D eigenvalue weighted by Gasteiger charge is -2.06. The molecule has 26 heavy (non-hydrogen) atoms. The topological polar surface area (TPSA) is 38.9 Å². The molecule has 0 radical (unpaired) electrons. The van der Waals surface area contributed by atoms with E-state index in [1.807, 2.05) is 36.4 Å². The van der Waals surface area contributed by atoms with Gasteiger partial charge < -0.3 is 4.42 Å². The number of hydrogen-bond acceptors (Lipinski definition) is 3. The van der Waals surface area contributed by atoms with Gasteiger partial charge in [-0.25, -0.2) is 9.97 Å². The van der Waals surface area contributed by atoms with Gasteiger partial charge in [-0.15, -0.1) is 0 Å². The van der Waals surface area contributed by atoms with Gasteiger partial charge >= 0.3 is 0 Å². The molecule has 4 rings (SSSR count). The van der Waals surface area contributed by atoms with Crippen molar-refractivity contribution in [3.05, 3.63) is 78.2 Å². The summed E-state index contributed by atoms with van der Waals surface area (Å²) >= 11 is 6.18. The van der Waals surface area contributed by atoms with E-state index < -0.39 is 0 Å². The minimum absolute atomic E-state index is 0.214. The average Bonchev–Trinajstić information content (AvgIpc) is 3.03. The van der Waals surface area contributed by atoms with Gasteiger partial charge in [0.15, 0.2) is 0 Å². The van der Waals surface area contributed by atoms with Crippen molar-refractivity contribution in [2.24, 2.45) is 0 Å². The highest BCUT2D eigenvalue weighted by molar-refractivity contribution is 6.28. The van der Waals surface area contributed by atoms with Crippen LogP contribution in [0.25, 0.3) is 38.8 Å². The normalized spacial score (nSPS) is 12.0. The third-order valence-corrected chi connectivity index (χ3v) is 4.48. The molecule has 0 atom stereocenters. The molecule has 128 valence electrons. The van der Waals surface area contributed by atoms with Gasteiger partial charge in [-0.3, -0.25) is 0 Å². The third-order valence-electron chi connectivity index (χ3n) is 4.31. The molecule has 3 nitrogen and oxygen atoms in total. The summed E-state index contributed by atoms with van der Waals surface area (Å²) in [5, 5.41) is 2.41. The van der Waals surface area contributed by atoms with Crippen LogP contribution in [0.5, 0.6) is 0 Å². The molecule has 0 fully saturated rings. The summed E-state index contributed by atoms with van der Waals surface area (Å²) in [6.07, 6.45) is 4.75. The van der Waals surface area contributed by atoms with Gasteiger partial charge in [-0.1, -0.05) is 49.9 Å². The maximum Gasteiger partial charge on any atom is 0.223 e.